The maximum absolute atomic E-state index is 12.6. The summed E-state index contributed by atoms with van der Waals surface area (Å²) in [6.07, 6.45) is 0. The number of fused-ring (bicyclic) bond motifs is 1. The van der Waals surface area contributed by atoms with Crippen LogP contribution in [0.4, 0.5) is 0 Å². The summed E-state index contributed by atoms with van der Waals surface area (Å²) in [4.78, 5) is 26.0. The van der Waals surface area contributed by atoms with Gasteiger partial charge in [-0.05, 0) is 42.8 Å². The van der Waals surface area contributed by atoms with Crippen molar-refractivity contribution in [3.05, 3.63) is 70.7 Å². The normalized spacial score (nSPS) is 10.8. The Kier molecular flexibility index (Phi) is 6.60. The molecule has 0 radical (unpaired) electrons. The largest absolute Gasteiger partial charge is 0.493 e. The Labute approximate surface area is 194 Å². The number of thiophene rings is 1. The van der Waals surface area contributed by atoms with Crippen LogP contribution >= 0.6 is 11.3 Å². The molecule has 0 aliphatic carbocycles. The molecule has 0 saturated heterocycles. The highest BCUT2D eigenvalue weighted by atomic mass is 32.1. The lowest BCUT2D eigenvalue weighted by Crippen LogP contribution is -2.28. The highest BCUT2D eigenvalue weighted by molar-refractivity contribution is 7.20. The molecule has 0 saturated carbocycles. The van der Waals surface area contributed by atoms with Gasteiger partial charge in [-0.2, -0.15) is 5.10 Å². The minimum Gasteiger partial charge on any atom is -0.493 e. The quantitative estimate of drug-likeness (QED) is 0.397. The molecule has 0 aliphatic heterocycles. The molecular formula is C24H23N3O5S. The number of hydrogen-bond donors (Lipinski definition) is 1. The van der Waals surface area contributed by atoms with Crippen LogP contribution in [0.15, 0.2) is 54.6 Å². The van der Waals surface area contributed by atoms with E-state index in [0.29, 0.717) is 16.4 Å². The van der Waals surface area contributed by atoms with Crippen LogP contribution in [-0.4, -0.2) is 42.5 Å². The summed E-state index contributed by atoms with van der Waals surface area (Å²) in [6.45, 7) is 1.79. The van der Waals surface area contributed by atoms with Crippen LogP contribution in [0.2, 0.25) is 0 Å². The molecule has 0 unspecified atom stereocenters. The molecule has 0 spiro atoms. The molecule has 0 fully saturated rings. The maximum atomic E-state index is 12.6. The number of aromatic nitrogens is 2. The highest BCUT2D eigenvalue weighted by Crippen LogP contribution is 2.31. The Hall–Kier alpha value is -3.85. The van der Waals surface area contributed by atoms with Gasteiger partial charge in [-0.15, -0.1) is 11.3 Å². The number of rotatable bonds is 8. The monoisotopic (exact) mass is 465 g/mol. The van der Waals surface area contributed by atoms with E-state index in [-0.39, 0.29) is 13.2 Å². The van der Waals surface area contributed by atoms with Gasteiger partial charge in [0.1, 0.15) is 9.71 Å². The van der Waals surface area contributed by atoms with Crippen molar-refractivity contribution in [3.8, 4) is 17.2 Å². The third-order valence-electron chi connectivity index (χ3n) is 5.02. The van der Waals surface area contributed by atoms with Gasteiger partial charge in [-0.3, -0.25) is 4.79 Å². The molecule has 0 aliphatic rings. The molecule has 4 rings (SSSR count). The van der Waals surface area contributed by atoms with Crippen LogP contribution in [0.1, 0.15) is 20.9 Å². The van der Waals surface area contributed by atoms with Gasteiger partial charge in [-0.1, -0.05) is 24.3 Å². The van der Waals surface area contributed by atoms with E-state index >= 15 is 0 Å². The number of nitrogens with one attached hydrogen (secondary N) is 1. The van der Waals surface area contributed by atoms with E-state index in [1.54, 1.807) is 32.4 Å². The van der Waals surface area contributed by atoms with Crippen LogP contribution in [-0.2, 0) is 16.1 Å². The Morgan fingerprint density at radius 3 is 2.52 bits per heavy atom. The van der Waals surface area contributed by atoms with Crippen LogP contribution in [0.5, 0.6) is 11.5 Å². The van der Waals surface area contributed by atoms with E-state index in [1.807, 2.05) is 48.0 Å². The van der Waals surface area contributed by atoms with Crippen molar-refractivity contribution >= 4 is 33.4 Å². The van der Waals surface area contributed by atoms with Gasteiger partial charge in [0.05, 0.1) is 25.6 Å². The number of amides is 1. The average molecular weight is 466 g/mol. The summed E-state index contributed by atoms with van der Waals surface area (Å²) in [5, 5.41) is 8.18. The molecule has 2 aromatic heterocycles. The Balaban J connectivity index is 1.37. The van der Waals surface area contributed by atoms with E-state index < -0.39 is 11.9 Å². The molecule has 9 heteroatoms. The number of carbonyl (C=O) groups is 2. The zero-order valence-electron chi connectivity index (χ0n) is 18.5. The van der Waals surface area contributed by atoms with Crippen LogP contribution in [0, 0.1) is 6.92 Å². The number of para-hydroxylation sites is 1. The van der Waals surface area contributed by atoms with Gasteiger partial charge < -0.3 is 19.5 Å². The maximum Gasteiger partial charge on any atom is 0.348 e. The van der Waals surface area contributed by atoms with E-state index in [0.717, 1.165) is 27.2 Å². The average Bonchev–Trinajstić information content (AvgIpc) is 3.42. The second-order valence-corrected chi connectivity index (χ2v) is 8.24. The lowest BCUT2D eigenvalue weighted by Gasteiger charge is -2.10. The first-order valence-corrected chi connectivity index (χ1v) is 11.0. The summed E-state index contributed by atoms with van der Waals surface area (Å²) < 4.78 is 17.5. The molecule has 8 nitrogen and oxygen atoms in total. The lowest BCUT2D eigenvalue weighted by atomic mass is 10.2. The van der Waals surface area contributed by atoms with Crippen molar-refractivity contribution in [3.63, 3.8) is 0 Å². The minimum atomic E-state index is -0.545. The molecule has 2 heterocycles. The smallest absolute Gasteiger partial charge is 0.348 e. The Morgan fingerprint density at radius 2 is 1.79 bits per heavy atom. The topological polar surface area (TPSA) is 91.7 Å². The van der Waals surface area contributed by atoms with Crippen molar-refractivity contribution in [2.45, 2.75) is 13.5 Å². The molecule has 33 heavy (non-hydrogen) atoms. The summed E-state index contributed by atoms with van der Waals surface area (Å²) in [7, 11) is 3.11. The first-order valence-electron chi connectivity index (χ1n) is 10.2. The fourth-order valence-electron chi connectivity index (χ4n) is 3.34. The van der Waals surface area contributed by atoms with Gasteiger partial charge in [0.15, 0.2) is 18.1 Å². The van der Waals surface area contributed by atoms with Gasteiger partial charge in [0.2, 0.25) is 0 Å². The van der Waals surface area contributed by atoms with Crippen molar-refractivity contribution in [2.24, 2.45) is 0 Å². The third kappa shape index (κ3) is 4.83. The molecule has 170 valence electrons. The third-order valence-corrected chi connectivity index (χ3v) is 6.11. The standard InChI is InChI=1S/C24H23N3O5S/c1-15-18-12-21(33-23(18)27(26-15)17-7-5-4-6-8-17)24(29)32-14-22(28)25-13-16-9-10-19(30-2)20(11-16)31-3/h4-12H,13-14H2,1-3H3,(H,25,28). The molecule has 0 bridgehead atoms. The van der Waals surface area contributed by atoms with Gasteiger partial charge in [0.25, 0.3) is 5.91 Å². The molecule has 2 aromatic carbocycles. The lowest BCUT2D eigenvalue weighted by molar-refractivity contribution is -0.124. The Morgan fingerprint density at radius 1 is 1.03 bits per heavy atom. The predicted molar refractivity (Wildman–Crippen MR) is 125 cm³/mol. The van der Waals surface area contributed by atoms with Crippen LogP contribution in [0.25, 0.3) is 15.9 Å². The van der Waals surface area contributed by atoms with E-state index in [9.17, 15) is 9.59 Å². The number of hydrogen-bond acceptors (Lipinski definition) is 7. The van der Waals surface area contributed by atoms with Crippen molar-refractivity contribution in [1.82, 2.24) is 15.1 Å². The summed E-state index contributed by atoms with van der Waals surface area (Å²) >= 11 is 1.29. The number of nitrogens with zero attached hydrogens (tertiary/aromatic N) is 2. The van der Waals surface area contributed by atoms with E-state index in [1.165, 1.54) is 11.3 Å². The van der Waals surface area contributed by atoms with Crippen LogP contribution in [0.3, 0.4) is 0 Å². The molecular weight excluding hydrogens is 442 g/mol. The summed E-state index contributed by atoms with van der Waals surface area (Å²) in [6, 6.07) is 16.8. The number of ether oxygens (including phenoxy) is 3. The number of aryl methyl sites for hydroxylation is 1. The Bertz CT molecular complexity index is 1300. The second kappa shape index (κ2) is 9.74. The van der Waals surface area contributed by atoms with Gasteiger partial charge in [-0.25, -0.2) is 9.48 Å². The number of methoxy groups -OCH3 is 2. The molecule has 0 atom stereocenters. The highest BCUT2D eigenvalue weighted by Gasteiger charge is 2.19. The predicted octanol–water partition coefficient (Wildman–Crippen LogP) is 3.89. The molecule has 1 N–H and O–H groups in total. The zero-order valence-corrected chi connectivity index (χ0v) is 19.3. The van der Waals surface area contributed by atoms with Crippen molar-refractivity contribution in [1.29, 1.82) is 0 Å². The zero-order chi connectivity index (χ0) is 23.4. The molecule has 1 amide bonds. The van der Waals surface area contributed by atoms with Crippen molar-refractivity contribution in [2.75, 3.05) is 20.8 Å². The van der Waals surface area contributed by atoms with Gasteiger partial charge in [0, 0.05) is 11.9 Å². The first kappa shape index (κ1) is 22.3. The summed E-state index contributed by atoms with van der Waals surface area (Å²) in [5.41, 5.74) is 2.56. The van der Waals surface area contributed by atoms with Gasteiger partial charge >= 0.3 is 5.97 Å². The number of carbonyl (C=O) groups excluding carboxylic acids is 2. The minimum absolute atomic E-state index is 0.270. The van der Waals surface area contributed by atoms with Crippen molar-refractivity contribution < 1.29 is 23.8 Å². The summed E-state index contributed by atoms with van der Waals surface area (Å²) in [5.74, 6) is 0.239. The van der Waals surface area contributed by atoms with Crippen LogP contribution < -0.4 is 14.8 Å². The second-order valence-electron chi connectivity index (χ2n) is 7.20. The fraction of sp³-hybridized carbons (Fsp3) is 0.208. The number of esters is 1. The first-order chi connectivity index (χ1) is 16.0. The number of benzene rings is 2. The van der Waals surface area contributed by atoms with E-state index in [4.69, 9.17) is 14.2 Å². The molecule has 4 aromatic rings. The SMILES string of the molecule is COc1ccc(CNC(=O)COC(=O)c2cc3c(C)nn(-c4ccccc4)c3s2)cc1OC. The van der Waals surface area contributed by atoms with E-state index in [2.05, 4.69) is 10.4 Å². The fourth-order valence-corrected chi connectivity index (χ4v) is 4.41.